The SMILES string of the molecule is CC(C)(C)C1=NN(C(=O)Nc2cccc(Cl)c2)C(c2ccc(Cl)cc2Cl)C1n1cncn1. The van der Waals surface area contributed by atoms with Crippen LogP contribution in [0.1, 0.15) is 38.4 Å². The Morgan fingerprint density at radius 1 is 1.03 bits per heavy atom. The van der Waals surface area contributed by atoms with Gasteiger partial charge in [-0.05, 0) is 35.9 Å². The van der Waals surface area contributed by atoms with E-state index >= 15 is 0 Å². The number of hydrogen-bond acceptors (Lipinski definition) is 4. The van der Waals surface area contributed by atoms with Crippen molar-refractivity contribution in [1.29, 1.82) is 0 Å². The molecule has 32 heavy (non-hydrogen) atoms. The average molecular weight is 492 g/mol. The van der Waals surface area contributed by atoms with Gasteiger partial charge in [0.25, 0.3) is 0 Å². The van der Waals surface area contributed by atoms with Crippen molar-refractivity contribution >= 4 is 52.2 Å². The van der Waals surface area contributed by atoms with Crippen LogP contribution in [0.25, 0.3) is 0 Å². The second-order valence-electron chi connectivity index (χ2n) is 8.45. The van der Waals surface area contributed by atoms with Crippen LogP contribution in [0.3, 0.4) is 0 Å². The van der Waals surface area contributed by atoms with Crippen LogP contribution in [0.15, 0.2) is 60.2 Å². The van der Waals surface area contributed by atoms with E-state index in [4.69, 9.17) is 39.9 Å². The summed E-state index contributed by atoms with van der Waals surface area (Å²) in [5, 5.41) is 14.8. The van der Waals surface area contributed by atoms with E-state index in [-0.39, 0.29) is 5.41 Å². The molecule has 3 aromatic rings. The predicted molar refractivity (Wildman–Crippen MR) is 127 cm³/mol. The number of aromatic nitrogens is 3. The molecule has 2 unspecified atom stereocenters. The van der Waals surface area contributed by atoms with Crippen molar-refractivity contribution in [3.8, 4) is 0 Å². The summed E-state index contributed by atoms with van der Waals surface area (Å²) < 4.78 is 1.70. The van der Waals surface area contributed by atoms with Crippen molar-refractivity contribution < 1.29 is 4.79 Å². The van der Waals surface area contributed by atoms with Crippen LogP contribution in [-0.4, -0.2) is 31.5 Å². The molecule has 2 heterocycles. The lowest BCUT2D eigenvalue weighted by Gasteiger charge is -2.30. The number of hydrazone groups is 1. The van der Waals surface area contributed by atoms with Crippen LogP contribution in [-0.2, 0) is 0 Å². The van der Waals surface area contributed by atoms with Crippen molar-refractivity contribution in [3.05, 3.63) is 75.8 Å². The summed E-state index contributed by atoms with van der Waals surface area (Å²) in [5.41, 5.74) is 1.65. The van der Waals surface area contributed by atoms with Crippen molar-refractivity contribution in [2.45, 2.75) is 32.9 Å². The molecule has 0 aliphatic carbocycles. The van der Waals surface area contributed by atoms with E-state index in [1.54, 1.807) is 53.5 Å². The molecule has 0 radical (unpaired) electrons. The zero-order valence-electron chi connectivity index (χ0n) is 17.6. The van der Waals surface area contributed by atoms with Gasteiger partial charge in [-0.2, -0.15) is 10.2 Å². The van der Waals surface area contributed by atoms with Crippen molar-refractivity contribution in [2.24, 2.45) is 10.5 Å². The van der Waals surface area contributed by atoms with E-state index < -0.39 is 18.1 Å². The smallest absolute Gasteiger partial charge is 0.306 e. The lowest BCUT2D eigenvalue weighted by Crippen LogP contribution is -2.36. The number of benzene rings is 2. The molecule has 1 aliphatic heterocycles. The zero-order chi connectivity index (χ0) is 23.0. The highest BCUT2D eigenvalue weighted by atomic mass is 35.5. The van der Waals surface area contributed by atoms with Crippen LogP contribution in [0.5, 0.6) is 0 Å². The summed E-state index contributed by atoms with van der Waals surface area (Å²) in [7, 11) is 0. The number of nitrogens with zero attached hydrogens (tertiary/aromatic N) is 5. The molecule has 10 heteroatoms. The Bertz CT molecular complexity index is 1170. The Labute approximate surface area is 201 Å². The molecule has 0 spiro atoms. The van der Waals surface area contributed by atoms with Gasteiger partial charge in [-0.15, -0.1) is 0 Å². The molecule has 0 saturated carbocycles. The molecule has 1 N–H and O–H groups in total. The largest absolute Gasteiger partial charge is 0.342 e. The number of anilines is 1. The summed E-state index contributed by atoms with van der Waals surface area (Å²) in [4.78, 5) is 17.5. The van der Waals surface area contributed by atoms with E-state index in [0.29, 0.717) is 26.3 Å². The first kappa shape index (κ1) is 22.6. The fraction of sp³-hybridized carbons (Fsp3) is 0.273. The highest BCUT2D eigenvalue weighted by Gasteiger charge is 2.47. The van der Waals surface area contributed by atoms with E-state index in [1.165, 1.54) is 11.3 Å². The second kappa shape index (κ2) is 8.73. The molecule has 0 saturated heterocycles. The van der Waals surface area contributed by atoms with Crippen molar-refractivity contribution in [1.82, 2.24) is 19.8 Å². The van der Waals surface area contributed by atoms with Gasteiger partial charge in [-0.3, -0.25) is 0 Å². The fourth-order valence-corrected chi connectivity index (χ4v) is 4.42. The maximum atomic E-state index is 13.4. The first-order chi connectivity index (χ1) is 15.1. The number of nitrogens with one attached hydrogen (secondary N) is 1. The highest BCUT2D eigenvalue weighted by molar-refractivity contribution is 6.35. The molecule has 1 aliphatic rings. The van der Waals surface area contributed by atoms with Gasteiger partial charge in [0.15, 0.2) is 0 Å². The topological polar surface area (TPSA) is 75.4 Å². The molecule has 2 aromatic carbocycles. The third-order valence-corrected chi connectivity index (χ3v) is 5.91. The maximum Gasteiger partial charge on any atom is 0.342 e. The zero-order valence-corrected chi connectivity index (χ0v) is 19.9. The van der Waals surface area contributed by atoms with Gasteiger partial charge in [-0.25, -0.2) is 19.5 Å². The fourth-order valence-electron chi connectivity index (χ4n) is 3.71. The quantitative estimate of drug-likeness (QED) is 0.456. The number of hydrogen-bond donors (Lipinski definition) is 1. The lowest BCUT2D eigenvalue weighted by molar-refractivity contribution is 0.188. The van der Waals surface area contributed by atoms with Gasteiger partial charge >= 0.3 is 6.03 Å². The number of carbonyl (C=O) groups excluding carboxylic acids is 1. The number of carbonyl (C=O) groups is 1. The number of amides is 2. The summed E-state index contributed by atoms with van der Waals surface area (Å²) in [5.74, 6) is 0. The second-order valence-corrected chi connectivity index (χ2v) is 9.73. The van der Waals surface area contributed by atoms with Gasteiger partial charge in [-0.1, -0.05) is 67.7 Å². The van der Waals surface area contributed by atoms with Crippen LogP contribution in [0.4, 0.5) is 10.5 Å². The van der Waals surface area contributed by atoms with Crippen LogP contribution < -0.4 is 5.32 Å². The van der Waals surface area contributed by atoms with E-state index in [1.807, 2.05) is 20.8 Å². The summed E-state index contributed by atoms with van der Waals surface area (Å²) in [6.07, 6.45) is 3.07. The molecule has 0 bridgehead atoms. The monoisotopic (exact) mass is 490 g/mol. The molecule has 2 amide bonds. The first-order valence-electron chi connectivity index (χ1n) is 9.89. The van der Waals surface area contributed by atoms with E-state index in [2.05, 4.69) is 15.4 Å². The average Bonchev–Trinajstić information content (AvgIpc) is 3.35. The molecular formula is C22H21Cl3N6O. The minimum Gasteiger partial charge on any atom is -0.306 e. The van der Waals surface area contributed by atoms with Crippen LogP contribution in [0, 0.1) is 5.41 Å². The number of urea groups is 1. The first-order valence-corrected chi connectivity index (χ1v) is 11.0. The molecule has 0 fully saturated rings. The Kier molecular flexibility index (Phi) is 6.16. The third-order valence-electron chi connectivity index (χ3n) is 5.11. The normalized spacial score (nSPS) is 18.6. The van der Waals surface area contributed by atoms with Gasteiger partial charge in [0.2, 0.25) is 0 Å². The molecule has 166 valence electrons. The third kappa shape index (κ3) is 4.46. The Morgan fingerprint density at radius 3 is 2.41 bits per heavy atom. The minimum atomic E-state index is -0.574. The summed E-state index contributed by atoms with van der Waals surface area (Å²) >= 11 is 18.8. The standard InChI is InChI=1S/C22H21Cl3N6O/c1-22(2,3)20-19(30-12-26-11-27-30)18(16-8-7-14(24)10-17(16)25)31(29-20)21(32)28-15-6-4-5-13(23)9-15/h4-12,18-19H,1-3H3,(H,28,32). The van der Waals surface area contributed by atoms with E-state index in [9.17, 15) is 4.79 Å². The molecule has 7 nitrogen and oxygen atoms in total. The van der Waals surface area contributed by atoms with E-state index in [0.717, 1.165) is 5.71 Å². The van der Waals surface area contributed by atoms with Gasteiger partial charge in [0, 0.05) is 26.2 Å². The molecule has 2 atom stereocenters. The highest BCUT2D eigenvalue weighted by Crippen LogP contribution is 2.45. The number of halogens is 3. The Morgan fingerprint density at radius 2 is 1.78 bits per heavy atom. The van der Waals surface area contributed by atoms with Crippen molar-refractivity contribution in [2.75, 3.05) is 5.32 Å². The van der Waals surface area contributed by atoms with Gasteiger partial charge < -0.3 is 5.32 Å². The maximum absolute atomic E-state index is 13.4. The summed E-state index contributed by atoms with van der Waals surface area (Å²) in [6, 6.07) is 10.7. The Hall–Kier alpha value is -2.61. The van der Waals surface area contributed by atoms with Crippen LogP contribution in [0.2, 0.25) is 15.1 Å². The minimum absolute atomic E-state index is 0.362. The number of rotatable bonds is 3. The Balaban J connectivity index is 1.83. The van der Waals surface area contributed by atoms with Gasteiger partial charge in [0.1, 0.15) is 24.7 Å². The van der Waals surface area contributed by atoms with Gasteiger partial charge in [0.05, 0.1) is 5.71 Å². The molecular weight excluding hydrogens is 471 g/mol. The summed E-state index contributed by atoms with van der Waals surface area (Å²) in [6.45, 7) is 6.11. The lowest BCUT2D eigenvalue weighted by atomic mass is 9.82. The molecule has 4 rings (SSSR count). The predicted octanol–water partition coefficient (Wildman–Crippen LogP) is 6.47. The van der Waals surface area contributed by atoms with Crippen LogP contribution >= 0.6 is 34.8 Å². The molecule has 1 aromatic heterocycles. The van der Waals surface area contributed by atoms with Crippen molar-refractivity contribution in [3.63, 3.8) is 0 Å².